The van der Waals surface area contributed by atoms with Gasteiger partial charge in [-0.1, -0.05) is 19.1 Å². The number of carbonyl (C=O) groups excluding carboxylic acids is 5. The van der Waals surface area contributed by atoms with Crippen LogP contribution in [0.1, 0.15) is 76.7 Å². The number of nitrogens with one attached hydrogen (secondary N) is 1. The first kappa shape index (κ1) is 26.2. The first-order valence-corrected chi connectivity index (χ1v) is 12.2. The van der Waals surface area contributed by atoms with E-state index in [0.717, 1.165) is 6.08 Å². The van der Waals surface area contributed by atoms with E-state index in [1.54, 1.807) is 6.08 Å². The molecule has 2 aliphatic heterocycles. The van der Waals surface area contributed by atoms with Crippen LogP contribution in [0.3, 0.4) is 0 Å². The molecule has 1 amide bonds. The van der Waals surface area contributed by atoms with E-state index in [4.69, 9.17) is 4.74 Å². The number of aliphatic hydroxyl groups is 1. The molecule has 1 aromatic carbocycles. The highest BCUT2D eigenvalue weighted by Crippen LogP contribution is 2.44. The van der Waals surface area contributed by atoms with Crippen LogP contribution in [0.15, 0.2) is 41.6 Å². The lowest BCUT2D eigenvalue weighted by atomic mass is 9.71. The zero-order chi connectivity index (χ0) is 27.2. The average molecular weight is 508 g/mol. The van der Waals surface area contributed by atoms with Gasteiger partial charge in [0.05, 0.1) is 17.4 Å². The Morgan fingerprint density at radius 1 is 1.14 bits per heavy atom. The minimum absolute atomic E-state index is 0.0211. The van der Waals surface area contributed by atoms with Crippen LogP contribution in [0.2, 0.25) is 0 Å². The maximum absolute atomic E-state index is 14.1. The fourth-order valence-corrected chi connectivity index (χ4v) is 4.94. The number of allylic oxidation sites excluding steroid dienone is 2. The van der Waals surface area contributed by atoms with Gasteiger partial charge in [-0.25, -0.2) is 0 Å². The van der Waals surface area contributed by atoms with Crippen molar-refractivity contribution in [1.29, 1.82) is 0 Å². The Labute approximate surface area is 213 Å². The number of esters is 1. The normalized spacial score (nSPS) is 27.8. The van der Waals surface area contributed by atoms with Gasteiger partial charge in [-0.05, 0) is 57.2 Å². The summed E-state index contributed by atoms with van der Waals surface area (Å²) in [7, 11) is 0. The minimum atomic E-state index is -1.92. The van der Waals surface area contributed by atoms with Crippen molar-refractivity contribution >= 4 is 29.2 Å². The number of hydrogen-bond donors (Lipinski definition) is 3. The number of aliphatic hydroxyl groups excluding tert-OH is 1. The second kappa shape index (κ2) is 9.55. The lowest BCUT2D eigenvalue weighted by molar-refractivity contribution is -0.157. The zero-order valence-electron chi connectivity index (χ0n) is 21.1. The van der Waals surface area contributed by atoms with Crippen molar-refractivity contribution in [3.05, 3.63) is 63.9 Å². The topological polar surface area (TPSA) is 147 Å². The molecule has 9 heteroatoms. The van der Waals surface area contributed by atoms with Gasteiger partial charge in [0, 0.05) is 29.2 Å². The smallest absolute Gasteiger partial charge is 0.321 e. The summed E-state index contributed by atoms with van der Waals surface area (Å²) in [6.45, 7) is 6.20. The molecular formula is C28H29NO8. The number of phenols is 1. The molecule has 2 bridgehead atoms. The largest absolute Gasteiger partial charge is 0.507 e. The molecule has 0 saturated heterocycles. The van der Waals surface area contributed by atoms with Crippen LogP contribution in [0.25, 0.3) is 0 Å². The molecule has 0 aromatic heterocycles. The maximum Gasteiger partial charge on any atom is 0.321 e. The van der Waals surface area contributed by atoms with Crippen LogP contribution >= 0.6 is 0 Å². The molecule has 1 aliphatic carbocycles. The van der Waals surface area contributed by atoms with Gasteiger partial charge in [0.1, 0.15) is 17.3 Å². The van der Waals surface area contributed by atoms with Gasteiger partial charge in [0.25, 0.3) is 0 Å². The third-order valence-electron chi connectivity index (χ3n) is 7.26. The predicted octanol–water partition coefficient (Wildman–Crippen LogP) is 2.88. The van der Waals surface area contributed by atoms with Crippen molar-refractivity contribution < 1.29 is 38.9 Å². The number of carbonyl (C=O) groups is 5. The van der Waals surface area contributed by atoms with Gasteiger partial charge in [0.15, 0.2) is 11.6 Å². The van der Waals surface area contributed by atoms with Gasteiger partial charge >= 0.3 is 5.97 Å². The van der Waals surface area contributed by atoms with E-state index in [2.05, 4.69) is 5.32 Å². The summed E-state index contributed by atoms with van der Waals surface area (Å²) in [5, 5.41) is 23.6. The van der Waals surface area contributed by atoms with Crippen molar-refractivity contribution in [2.45, 2.75) is 59.2 Å². The van der Waals surface area contributed by atoms with Crippen LogP contribution in [0.5, 0.6) is 5.75 Å². The van der Waals surface area contributed by atoms with Crippen LogP contribution in [-0.2, 0) is 14.3 Å². The molecule has 4 atom stereocenters. The Morgan fingerprint density at radius 3 is 2.49 bits per heavy atom. The zero-order valence-corrected chi connectivity index (χ0v) is 21.1. The van der Waals surface area contributed by atoms with E-state index < -0.39 is 58.3 Å². The number of ketones is 3. The second-order valence-corrected chi connectivity index (χ2v) is 9.90. The number of amides is 1. The van der Waals surface area contributed by atoms with Crippen molar-refractivity contribution in [1.82, 2.24) is 5.32 Å². The predicted molar refractivity (Wildman–Crippen MR) is 132 cm³/mol. The fourth-order valence-electron chi connectivity index (χ4n) is 4.94. The number of phenolic OH excluding ortho intramolecular Hbond substituents is 1. The van der Waals surface area contributed by atoms with Crippen molar-refractivity contribution in [2.75, 3.05) is 0 Å². The third kappa shape index (κ3) is 4.33. The van der Waals surface area contributed by atoms with Crippen LogP contribution in [0.4, 0.5) is 0 Å². The van der Waals surface area contributed by atoms with Gasteiger partial charge in [0.2, 0.25) is 11.7 Å². The molecule has 1 aromatic rings. The van der Waals surface area contributed by atoms with Crippen LogP contribution in [0, 0.1) is 18.3 Å². The first-order chi connectivity index (χ1) is 17.4. The summed E-state index contributed by atoms with van der Waals surface area (Å²) in [5.74, 6) is -4.35. The Morgan fingerprint density at radius 2 is 1.84 bits per heavy atom. The molecule has 0 radical (unpaired) electrons. The summed E-state index contributed by atoms with van der Waals surface area (Å²) in [6, 6.07) is 1.30. The number of aryl methyl sites for hydroxylation is 1. The van der Waals surface area contributed by atoms with Crippen molar-refractivity contribution in [3.8, 4) is 5.75 Å². The maximum atomic E-state index is 14.1. The summed E-state index contributed by atoms with van der Waals surface area (Å²) in [4.78, 5) is 67.2. The molecule has 3 N–H and O–H groups in total. The Hall–Kier alpha value is -3.85. The summed E-state index contributed by atoms with van der Waals surface area (Å²) in [6.07, 6.45) is 4.31. The highest BCUT2D eigenvalue weighted by molar-refractivity contribution is 6.32. The molecule has 194 valence electrons. The number of hydrogen-bond acceptors (Lipinski definition) is 8. The van der Waals surface area contributed by atoms with Gasteiger partial charge in [-0.2, -0.15) is 0 Å². The molecule has 0 unspecified atom stereocenters. The number of ether oxygens (including phenoxy) is 1. The number of cyclic esters (lactones) is 1. The molecule has 4 rings (SSSR count). The van der Waals surface area contributed by atoms with Gasteiger partial charge in [-0.3, -0.25) is 24.0 Å². The first-order valence-electron chi connectivity index (χ1n) is 12.2. The van der Waals surface area contributed by atoms with Crippen molar-refractivity contribution in [3.63, 3.8) is 0 Å². The van der Waals surface area contributed by atoms with E-state index in [9.17, 15) is 34.2 Å². The molecule has 0 spiro atoms. The van der Waals surface area contributed by atoms with Crippen LogP contribution in [-0.4, -0.2) is 51.6 Å². The monoisotopic (exact) mass is 507 g/mol. The molecule has 3 aliphatic rings. The standard InChI is InChI=1S/C28H29NO8/c1-5-15-6-8-17(31)21-20-16(12-13(2)24(21)33)25(34)23-22(26(20)35)28(4,11-10-19(32)29-23)27(36)37-18(9-7-15)14(3)30/h7,9-12,14-15,18,30,33H,5-6,8H2,1-4H3,(H,29,32)/b9-7-/t14-,15-,18-,28+/m1/s1. The third-order valence-corrected chi connectivity index (χ3v) is 7.26. The molecule has 37 heavy (non-hydrogen) atoms. The van der Waals surface area contributed by atoms with E-state index in [1.807, 2.05) is 6.92 Å². The van der Waals surface area contributed by atoms with Gasteiger partial charge in [-0.15, -0.1) is 0 Å². The molecule has 2 heterocycles. The van der Waals surface area contributed by atoms with Crippen molar-refractivity contribution in [2.24, 2.45) is 11.3 Å². The average Bonchev–Trinajstić information content (AvgIpc) is 2.98. The molecule has 9 nitrogen and oxygen atoms in total. The second-order valence-electron chi connectivity index (χ2n) is 9.90. The number of Topliss-reactive ketones (excluding diaryl/α,β-unsaturated/α-hetero) is 3. The van der Waals surface area contributed by atoms with Gasteiger partial charge < -0.3 is 20.3 Å². The number of benzene rings is 1. The lowest BCUT2D eigenvalue weighted by Crippen LogP contribution is -2.42. The summed E-state index contributed by atoms with van der Waals surface area (Å²) >= 11 is 0. The molecule has 0 saturated carbocycles. The summed E-state index contributed by atoms with van der Waals surface area (Å²) < 4.78 is 5.64. The molecular weight excluding hydrogens is 478 g/mol. The molecule has 0 fully saturated rings. The van der Waals surface area contributed by atoms with E-state index in [-0.39, 0.29) is 40.2 Å². The van der Waals surface area contributed by atoms with E-state index in [0.29, 0.717) is 12.8 Å². The minimum Gasteiger partial charge on any atom is -0.507 e. The van der Waals surface area contributed by atoms with E-state index >= 15 is 0 Å². The highest BCUT2D eigenvalue weighted by atomic mass is 16.6. The SMILES string of the molecule is CC[C@H]1/C=C\[C@H]([C@@H](C)O)OC(=O)[C@@]2(C)C=CC(=O)NC3=C2C(=O)c2c(cc(C)c(O)c2C(=O)CC1)C3=O. The quantitative estimate of drug-likeness (QED) is 0.409. The summed E-state index contributed by atoms with van der Waals surface area (Å²) in [5.41, 5.74) is -3.17. The Bertz CT molecular complexity index is 1330. The Balaban J connectivity index is 2.04. The lowest BCUT2D eigenvalue weighted by Gasteiger charge is -2.32. The van der Waals surface area contributed by atoms with E-state index in [1.165, 1.54) is 39.0 Å². The van der Waals surface area contributed by atoms with Crippen LogP contribution < -0.4 is 5.32 Å². The number of rotatable bonds is 2. The highest BCUT2D eigenvalue weighted by Gasteiger charge is 2.50. The number of aromatic hydroxyl groups is 1. The Kier molecular flexibility index (Phi) is 6.77. The fraction of sp³-hybridized carbons (Fsp3) is 0.393.